The van der Waals surface area contributed by atoms with Gasteiger partial charge >= 0.3 is 5.97 Å². The molecule has 1 aromatic rings. The van der Waals surface area contributed by atoms with Crippen molar-refractivity contribution < 1.29 is 29.4 Å². The fraction of sp³-hybridized carbons (Fsp3) is 0.222. The largest absolute Gasteiger partial charge is 0.480 e. The molecule has 1 aromatic carbocycles. The maximum atomic E-state index is 10.4. The van der Waals surface area contributed by atoms with Crippen molar-refractivity contribution in [3.63, 3.8) is 0 Å². The van der Waals surface area contributed by atoms with Crippen molar-refractivity contribution in [2.24, 2.45) is 5.73 Å². The van der Waals surface area contributed by atoms with Crippen LogP contribution in [0.25, 0.3) is 0 Å². The fourth-order valence-electron chi connectivity index (χ4n) is 0.955. The maximum Gasteiger partial charge on any atom is 0.320 e. The number of carboxylic acid groups (broad SMARTS) is 1. The van der Waals surface area contributed by atoms with Gasteiger partial charge in [-0.3, -0.25) is 4.79 Å². The predicted molar refractivity (Wildman–Crippen MR) is 45.8 cm³/mol. The van der Waals surface area contributed by atoms with Crippen LogP contribution in [-0.4, -0.2) is 17.1 Å². The quantitative estimate of drug-likeness (QED) is 0.749. The Bertz CT molecular complexity index is 264. The summed E-state index contributed by atoms with van der Waals surface area (Å²) in [6.45, 7) is 0. The number of nitrogens with two attached hydrogens (primary N) is 1. The molecule has 1 rings (SSSR count). The summed E-state index contributed by atoms with van der Waals surface area (Å²) in [4.78, 5) is 10.4. The van der Waals surface area contributed by atoms with Crippen LogP contribution < -0.4 is 5.73 Å². The van der Waals surface area contributed by atoms with Gasteiger partial charge in [0.2, 0.25) is 0 Å². The van der Waals surface area contributed by atoms with Gasteiger partial charge in [-0.2, -0.15) is 0 Å². The SMILES string of the molecule is NC(Cc1ccccc1)C(=O)O.[Zn]. The summed E-state index contributed by atoms with van der Waals surface area (Å²) >= 11 is 0. The van der Waals surface area contributed by atoms with Gasteiger partial charge < -0.3 is 10.8 Å². The Hall–Kier alpha value is -0.727. The van der Waals surface area contributed by atoms with Gasteiger partial charge in [-0.25, -0.2) is 0 Å². The van der Waals surface area contributed by atoms with Crippen molar-refractivity contribution >= 4 is 5.97 Å². The smallest absolute Gasteiger partial charge is 0.320 e. The first kappa shape index (κ1) is 12.3. The van der Waals surface area contributed by atoms with E-state index in [2.05, 4.69) is 0 Å². The van der Waals surface area contributed by atoms with Crippen molar-refractivity contribution in [1.29, 1.82) is 0 Å². The molecule has 0 aliphatic heterocycles. The molecule has 0 saturated carbocycles. The monoisotopic (exact) mass is 229 g/mol. The van der Waals surface area contributed by atoms with E-state index in [0.29, 0.717) is 6.42 Å². The number of benzene rings is 1. The van der Waals surface area contributed by atoms with Crippen LogP contribution in [0.2, 0.25) is 0 Å². The topological polar surface area (TPSA) is 63.3 Å². The van der Waals surface area contributed by atoms with Crippen molar-refractivity contribution in [2.75, 3.05) is 0 Å². The molecule has 4 heteroatoms. The number of hydrogen-bond acceptors (Lipinski definition) is 2. The minimum absolute atomic E-state index is 0. The molecule has 1 atom stereocenters. The molecule has 1 unspecified atom stereocenters. The Morgan fingerprint density at radius 1 is 1.38 bits per heavy atom. The van der Waals surface area contributed by atoms with Gasteiger partial charge in [0.25, 0.3) is 0 Å². The number of hydrogen-bond donors (Lipinski definition) is 2. The van der Waals surface area contributed by atoms with E-state index in [1.165, 1.54) is 0 Å². The molecule has 0 saturated heterocycles. The first-order valence-electron chi connectivity index (χ1n) is 3.72. The van der Waals surface area contributed by atoms with Gasteiger partial charge in [0, 0.05) is 19.5 Å². The van der Waals surface area contributed by atoms with Crippen molar-refractivity contribution in [2.45, 2.75) is 12.5 Å². The van der Waals surface area contributed by atoms with Crippen LogP contribution in [0.4, 0.5) is 0 Å². The average Bonchev–Trinajstić information content (AvgIpc) is 2.06. The third-order valence-corrected chi connectivity index (χ3v) is 1.62. The zero-order valence-corrected chi connectivity index (χ0v) is 10.3. The Balaban J connectivity index is 0.00000144. The molecule has 0 amide bonds. The minimum atomic E-state index is -0.959. The van der Waals surface area contributed by atoms with Crippen molar-refractivity contribution in [3.05, 3.63) is 35.9 Å². The third-order valence-electron chi connectivity index (χ3n) is 1.62. The van der Waals surface area contributed by atoms with E-state index in [1.807, 2.05) is 30.3 Å². The summed E-state index contributed by atoms with van der Waals surface area (Å²) < 4.78 is 0. The molecule has 3 nitrogen and oxygen atoms in total. The average molecular weight is 231 g/mol. The molecule has 0 radical (unpaired) electrons. The van der Waals surface area contributed by atoms with Gasteiger partial charge in [0.15, 0.2) is 0 Å². The van der Waals surface area contributed by atoms with Crippen LogP contribution in [0.15, 0.2) is 30.3 Å². The molecule has 0 heterocycles. The third kappa shape index (κ3) is 4.16. The summed E-state index contributed by atoms with van der Waals surface area (Å²) in [6, 6.07) is 8.54. The summed E-state index contributed by atoms with van der Waals surface area (Å²) in [5.74, 6) is -0.959. The van der Waals surface area contributed by atoms with Crippen LogP contribution in [-0.2, 0) is 30.7 Å². The van der Waals surface area contributed by atoms with E-state index < -0.39 is 12.0 Å². The number of aliphatic carboxylic acids is 1. The molecule has 0 spiro atoms. The standard InChI is InChI=1S/C9H11NO2.Zn/c10-8(9(11)12)6-7-4-2-1-3-5-7;/h1-5,8H,6,10H2,(H,11,12);. The molecule has 3 N–H and O–H groups in total. The molecular formula is C9H11NO2Zn. The number of carboxylic acids is 1. The summed E-state index contributed by atoms with van der Waals surface area (Å²) in [6.07, 6.45) is 0.385. The minimum Gasteiger partial charge on any atom is -0.480 e. The van der Waals surface area contributed by atoms with E-state index in [4.69, 9.17) is 10.8 Å². The van der Waals surface area contributed by atoms with Crippen molar-refractivity contribution in [1.82, 2.24) is 0 Å². The second kappa shape index (κ2) is 5.84. The van der Waals surface area contributed by atoms with Crippen LogP contribution in [0.5, 0.6) is 0 Å². The Morgan fingerprint density at radius 3 is 2.38 bits per heavy atom. The van der Waals surface area contributed by atoms with E-state index in [9.17, 15) is 4.79 Å². The van der Waals surface area contributed by atoms with E-state index in [0.717, 1.165) is 5.56 Å². The number of carbonyl (C=O) groups is 1. The second-order valence-electron chi connectivity index (χ2n) is 2.63. The first-order valence-corrected chi connectivity index (χ1v) is 3.72. The molecule has 0 aliphatic carbocycles. The van der Waals surface area contributed by atoms with Crippen LogP contribution >= 0.6 is 0 Å². The van der Waals surface area contributed by atoms with Crippen molar-refractivity contribution in [3.8, 4) is 0 Å². The normalized spacial score (nSPS) is 11.5. The summed E-state index contributed by atoms with van der Waals surface area (Å²) in [5.41, 5.74) is 6.30. The van der Waals surface area contributed by atoms with Gasteiger partial charge in [-0.05, 0) is 12.0 Å². The molecule has 0 bridgehead atoms. The molecule has 13 heavy (non-hydrogen) atoms. The Labute approximate surface area is 89.7 Å². The maximum absolute atomic E-state index is 10.4. The van der Waals surface area contributed by atoms with Gasteiger partial charge in [0.1, 0.15) is 6.04 Å². The zero-order chi connectivity index (χ0) is 8.97. The molecule has 66 valence electrons. The van der Waals surface area contributed by atoms with Crippen LogP contribution in [0, 0.1) is 0 Å². The van der Waals surface area contributed by atoms with Crippen LogP contribution in [0.3, 0.4) is 0 Å². The van der Waals surface area contributed by atoms with Gasteiger partial charge in [-0.1, -0.05) is 30.3 Å². The summed E-state index contributed by atoms with van der Waals surface area (Å²) in [5, 5.41) is 8.52. The molecule has 0 aromatic heterocycles. The zero-order valence-electron chi connectivity index (χ0n) is 7.31. The first-order chi connectivity index (χ1) is 5.70. The molecular weight excluding hydrogens is 219 g/mol. The molecule has 0 fully saturated rings. The van der Waals surface area contributed by atoms with Gasteiger partial charge in [-0.15, -0.1) is 0 Å². The fourth-order valence-corrected chi connectivity index (χ4v) is 0.955. The summed E-state index contributed by atoms with van der Waals surface area (Å²) in [7, 11) is 0. The molecule has 0 aliphatic rings. The number of rotatable bonds is 3. The van der Waals surface area contributed by atoms with E-state index >= 15 is 0 Å². The Morgan fingerprint density at radius 2 is 1.92 bits per heavy atom. The predicted octanol–water partition coefficient (Wildman–Crippen LogP) is 0.639. The van der Waals surface area contributed by atoms with E-state index in [-0.39, 0.29) is 19.5 Å². The second-order valence-corrected chi connectivity index (χ2v) is 2.63. The van der Waals surface area contributed by atoms with Crippen LogP contribution in [0.1, 0.15) is 5.56 Å². The Kier molecular flexibility index (Phi) is 5.51. The van der Waals surface area contributed by atoms with Gasteiger partial charge in [0.05, 0.1) is 0 Å². The van der Waals surface area contributed by atoms with E-state index in [1.54, 1.807) is 0 Å².